The van der Waals surface area contributed by atoms with Crippen molar-refractivity contribution in [3.63, 3.8) is 0 Å². The normalized spacial score (nSPS) is 12.7. The lowest BCUT2D eigenvalue weighted by Gasteiger charge is -2.13. The van der Waals surface area contributed by atoms with Gasteiger partial charge >= 0.3 is 0 Å². The van der Waals surface area contributed by atoms with E-state index in [-0.39, 0.29) is 6.04 Å². The first-order chi connectivity index (χ1) is 9.56. The van der Waals surface area contributed by atoms with Crippen LogP contribution < -0.4 is 5.73 Å². The van der Waals surface area contributed by atoms with E-state index in [4.69, 9.17) is 5.73 Å². The molecule has 0 aliphatic rings. The van der Waals surface area contributed by atoms with Crippen molar-refractivity contribution in [2.45, 2.75) is 37.9 Å². The van der Waals surface area contributed by atoms with Crippen LogP contribution in [-0.2, 0) is 0 Å². The largest absolute Gasteiger partial charge is 0.323 e. The second-order valence-electron chi connectivity index (χ2n) is 5.28. The Morgan fingerprint density at radius 3 is 2.15 bits per heavy atom. The van der Waals surface area contributed by atoms with Crippen molar-refractivity contribution < 1.29 is 0 Å². The summed E-state index contributed by atoms with van der Waals surface area (Å²) in [7, 11) is 0. The highest BCUT2D eigenvalue weighted by atomic mass is 32.2. The summed E-state index contributed by atoms with van der Waals surface area (Å²) < 4.78 is 0. The molecule has 3 nitrogen and oxygen atoms in total. The Morgan fingerprint density at radius 2 is 1.60 bits per heavy atom. The minimum atomic E-state index is 0.00566. The van der Waals surface area contributed by atoms with Crippen molar-refractivity contribution >= 4 is 11.8 Å². The van der Waals surface area contributed by atoms with Crippen LogP contribution in [0.15, 0.2) is 41.8 Å². The fourth-order valence-electron chi connectivity index (χ4n) is 1.84. The van der Waals surface area contributed by atoms with Gasteiger partial charge in [-0.1, -0.05) is 49.9 Å². The molecule has 4 heteroatoms. The van der Waals surface area contributed by atoms with E-state index in [0.717, 1.165) is 22.0 Å². The van der Waals surface area contributed by atoms with Gasteiger partial charge in [0.05, 0.1) is 0 Å². The number of benzene rings is 1. The Bertz CT molecular complexity index is 535. The highest BCUT2D eigenvalue weighted by molar-refractivity contribution is 7.99. The van der Waals surface area contributed by atoms with Crippen molar-refractivity contribution in [3.05, 3.63) is 53.3 Å². The average molecular weight is 287 g/mol. The van der Waals surface area contributed by atoms with E-state index < -0.39 is 0 Å². The molecule has 1 aromatic heterocycles. The molecule has 0 radical (unpaired) electrons. The Labute approximate surface area is 125 Å². The molecule has 0 bridgehead atoms. The van der Waals surface area contributed by atoms with Gasteiger partial charge in [0.25, 0.3) is 0 Å². The van der Waals surface area contributed by atoms with Gasteiger partial charge < -0.3 is 5.73 Å². The van der Waals surface area contributed by atoms with Gasteiger partial charge in [-0.25, -0.2) is 9.97 Å². The molecule has 1 aromatic carbocycles. The molecule has 1 atom stereocenters. The Hall–Kier alpha value is -1.39. The highest BCUT2D eigenvalue weighted by Crippen LogP contribution is 2.22. The van der Waals surface area contributed by atoms with Crippen LogP contribution in [0.3, 0.4) is 0 Å². The summed E-state index contributed by atoms with van der Waals surface area (Å²) in [6, 6.07) is 8.57. The number of thioether (sulfide) groups is 1. The number of hydrogen-bond acceptors (Lipinski definition) is 4. The molecule has 0 saturated heterocycles. The van der Waals surface area contributed by atoms with E-state index in [0.29, 0.717) is 5.92 Å². The summed E-state index contributed by atoms with van der Waals surface area (Å²) in [6.45, 7) is 6.37. The van der Waals surface area contributed by atoms with Gasteiger partial charge in [-0.05, 0) is 29.5 Å². The molecule has 0 amide bonds. The van der Waals surface area contributed by atoms with Gasteiger partial charge in [0.2, 0.25) is 0 Å². The van der Waals surface area contributed by atoms with Crippen molar-refractivity contribution in [3.8, 4) is 0 Å². The van der Waals surface area contributed by atoms with Crippen molar-refractivity contribution in [1.82, 2.24) is 9.97 Å². The van der Waals surface area contributed by atoms with Crippen LogP contribution in [0.5, 0.6) is 0 Å². The third-order valence-corrected chi connectivity index (χ3v) is 4.18. The van der Waals surface area contributed by atoms with E-state index in [1.165, 1.54) is 5.56 Å². The summed E-state index contributed by atoms with van der Waals surface area (Å²) in [5.74, 6) is 1.33. The van der Waals surface area contributed by atoms with Gasteiger partial charge in [-0.2, -0.15) is 0 Å². The van der Waals surface area contributed by atoms with Gasteiger partial charge in [0.1, 0.15) is 0 Å². The molecule has 2 N–H and O–H groups in total. The Balaban J connectivity index is 1.94. The van der Waals surface area contributed by atoms with Gasteiger partial charge in [0, 0.05) is 24.2 Å². The van der Waals surface area contributed by atoms with Gasteiger partial charge in [-0.15, -0.1) is 0 Å². The lowest BCUT2D eigenvalue weighted by atomic mass is 10.00. The quantitative estimate of drug-likeness (QED) is 0.673. The second kappa shape index (κ2) is 6.86. The Morgan fingerprint density at radius 1 is 1.05 bits per heavy atom. The predicted molar refractivity (Wildman–Crippen MR) is 85.0 cm³/mol. The van der Waals surface area contributed by atoms with Gasteiger partial charge in [0.15, 0.2) is 5.16 Å². The monoisotopic (exact) mass is 287 g/mol. The number of nitrogens with zero attached hydrogens (tertiary/aromatic N) is 2. The van der Waals surface area contributed by atoms with Crippen LogP contribution in [0.2, 0.25) is 0 Å². The first-order valence-electron chi connectivity index (χ1n) is 6.83. The molecule has 0 aliphatic heterocycles. The SMILES string of the molecule is Cc1cnc(SCC(N)c2ccc(C(C)C)cc2)nc1. The lowest BCUT2D eigenvalue weighted by Crippen LogP contribution is -2.13. The Kier molecular flexibility index (Phi) is 5.15. The van der Waals surface area contributed by atoms with E-state index in [2.05, 4.69) is 48.1 Å². The molecule has 0 saturated carbocycles. The molecule has 0 spiro atoms. The molecular weight excluding hydrogens is 266 g/mol. The summed E-state index contributed by atoms with van der Waals surface area (Å²) in [4.78, 5) is 8.56. The maximum atomic E-state index is 6.22. The van der Waals surface area contributed by atoms with Crippen LogP contribution in [0.25, 0.3) is 0 Å². The standard InChI is InChI=1S/C16H21N3S/c1-11(2)13-4-6-14(7-5-13)15(17)10-20-16-18-8-12(3)9-19-16/h4-9,11,15H,10,17H2,1-3H3. The number of aromatic nitrogens is 2. The van der Waals surface area contributed by atoms with Crippen molar-refractivity contribution in [1.29, 1.82) is 0 Å². The molecule has 1 unspecified atom stereocenters. The molecule has 1 heterocycles. The summed E-state index contributed by atoms with van der Waals surface area (Å²) >= 11 is 1.60. The fourth-order valence-corrected chi connectivity index (χ4v) is 2.62. The molecular formula is C16H21N3S. The van der Waals surface area contributed by atoms with E-state index in [9.17, 15) is 0 Å². The maximum absolute atomic E-state index is 6.22. The third kappa shape index (κ3) is 4.05. The van der Waals surface area contributed by atoms with E-state index in [1.807, 2.05) is 19.3 Å². The zero-order valence-electron chi connectivity index (χ0n) is 12.2. The number of aryl methyl sites for hydroxylation is 1. The van der Waals surface area contributed by atoms with E-state index >= 15 is 0 Å². The number of rotatable bonds is 5. The zero-order valence-corrected chi connectivity index (χ0v) is 13.0. The molecule has 20 heavy (non-hydrogen) atoms. The fraction of sp³-hybridized carbons (Fsp3) is 0.375. The molecule has 0 fully saturated rings. The number of hydrogen-bond donors (Lipinski definition) is 1. The predicted octanol–water partition coefficient (Wildman–Crippen LogP) is 3.70. The van der Waals surface area contributed by atoms with Crippen molar-refractivity contribution in [2.24, 2.45) is 5.73 Å². The van der Waals surface area contributed by atoms with Crippen LogP contribution in [0.4, 0.5) is 0 Å². The van der Waals surface area contributed by atoms with Crippen LogP contribution in [0.1, 0.15) is 42.5 Å². The minimum Gasteiger partial charge on any atom is -0.323 e. The van der Waals surface area contributed by atoms with E-state index in [1.54, 1.807) is 11.8 Å². The molecule has 2 aromatic rings. The third-order valence-electron chi connectivity index (χ3n) is 3.18. The molecule has 2 rings (SSSR count). The van der Waals surface area contributed by atoms with Crippen LogP contribution in [-0.4, -0.2) is 15.7 Å². The number of nitrogens with two attached hydrogens (primary N) is 1. The smallest absolute Gasteiger partial charge is 0.187 e. The summed E-state index contributed by atoms with van der Waals surface area (Å²) in [5, 5.41) is 0.782. The maximum Gasteiger partial charge on any atom is 0.187 e. The molecule has 0 aliphatic carbocycles. The summed E-state index contributed by atoms with van der Waals surface area (Å²) in [5.41, 5.74) is 9.80. The first-order valence-corrected chi connectivity index (χ1v) is 7.81. The van der Waals surface area contributed by atoms with Crippen LogP contribution in [0, 0.1) is 6.92 Å². The molecule has 106 valence electrons. The van der Waals surface area contributed by atoms with Crippen molar-refractivity contribution in [2.75, 3.05) is 5.75 Å². The zero-order chi connectivity index (χ0) is 14.5. The topological polar surface area (TPSA) is 51.8 Å². The minimum absolute atomic E-state index is 0.00566. The second-order valence-corrected chi connectivity index (χ2v) is 6.27. The van der Waals surface area contributed by atoms with Crippen LogP contribution >= 0.6 is 11.8 Å². The first kappa shape index (κ1) is 15.0. The van der Waals surface area contributed by atoms with Gasteiger partial charge in [-0.3, -0.25) is 0 Å². The summed E-state index contributed by atoms with van der Waals surface area (Å²) in [6.07, 6.45) is 3.66. The lowest BCUT2D eigenvalue weighted by molar-refractivity contribution is 0.818. The highest BCUT2D eigenvalue weighted by Gasteiger charge is 2.08. The average Bonchev–Trinajstić information content (AvgIpc) is 2.46.